The summed E-state index contributed by atoms with van der Waals surface area (Å²) >= 11 is 0. The van der Waals surface area contributed by atoms with E-state index in [2.05, 4.69) is 33.8 Å². The summed E-state index contributed by atoms with van der Waals surface area (Å²) in [6.45, 7) is 6.36. The smallest absolute Gasteiger partial charge is 0.262 e. The number of hydrogen-bond acceptors (Lipinski definition) is 5. The number of ether oxygens (including phenoxy) is 1. The van der Waals surface area contributed by atoms with Gasteiger partial charge in [0.25, 0.3) is 5.56 Å². The number of nitrogens with one attached hydrogen (secondary N) is 1. The van der Waals surface area contributed by atoms with Crippen LogP contribution in [0, 0.1) is 0 Å². The van der Waals surface area contributed by atoms with Crippen LogP contribution >= 0.6 is 0 Å². The second-order valence-corrected chi connectivity index (χ2v) is 5.24. The Morgan fingerprint density at radius 1 is 1.52 bits per heavy atom. The van der Waals surface area contributed by atoms with Crippen molar-refractivity contribution in [1.29, 1.82) is 0 Å². The lowest BCUT2D eigenvalue weighted by Gasteiger charge is -2.27. The van der Waals surface area contributed by atoms with Gasteiger partial charge in [-0.05, 0) is 13.3 Å². The van der Waals surface area contributed by atoms with Crippen LogP contribution in [0.2, 0.25) is 0 Å². The molecule has 7 heteroatoms. The third kappa shape index (κ3) is 3.48. The van der Waals surface area contributed by atoms with Gasteiger partial charge in [0.2, 0.25) is 0 Å². The number of hydrogen-bond donors (Lipinski definition) is 1. The van der Waals surface area contributed by atoms with Crippen molar-refractivity contribution in [2.45, 2.75) is 32.9 Å². The van der Waals surface area contributed by atoms with E-state index in [0.717, 1.165) is 13.0 Å². The van der Waals surface area contributed by atoms with Gasteiger partial charge in [0, 0.05) is 26.7 Å². The molecule has 2 aromatic heterocycles. The number of fused-ring (bicyclic) bond motifs is 1. The molecule has 0 saturated heterocycles. The molecule has 0 aromatic carbocycles. The maximum absolute atomic E-state index is 12.1. The third-order valence-electron chi connectivity index (χ3n) is 3.80. The van der Waals surface area contributed by atoms with Crippen LogP contribution in [0.3, 0.4) is 0 Å². The second-order valence-electron chi connectivity index (χ2n) is 5.24. The van der Waals surface area contributed by atoms with E-state index in [4.69, 9.17) is 4.74 Å². The predicted molar refractivity (Wildman–Crippen MR) is 81.2 cm³/mol. The molecule has 0 aliphatic heterocycles. The first kappa shape index (κ1) is 15.7. The third-order valence-corrected chi connectivity index (χ3v) is 3.80. The average molecular weight is 293 g/mol. The lowest BCUT2D eigenvalue weighted by molar-refractivity contribution is 0.116. The first-order chi connectivity index (χ1) is 10.1. The van der Waals surface area contributed by atoms with Crippen LogP contribution in [-0.4, -0.2) is 51.0 Å². The van der Waals surface area contributed by atoms with Crippen molar-refractivity contribution >= 4 is 11.0 Å². The van der Waals surface area contributed by atoms with Crippen LogP contribution in [0.5, 0.6) is 0 Å². The number of aromatic nitrogens is 4. The fraction of sp³-hybridized carbons (Fsp3) is 0.643. The Morgan fingerprint density at radius 3 is 2.95 bits per heavy atom. The molecule has 0 radical (unpaired) electrons. The lowest BCUT2D eigenvalue weighted by Crippen LogP contribution is -2.36. The average Bonchev–Trinajstić information content (AvgIpc) is 2.85. The molecular weight excluding hydrogens is 270 g/mol. The molecule has 2 heterocycles. The summed E-state index contributed by atoms with van der Waals surface area (Å²) in [6, 6.07) is 0.396. The van der Waals surface area contributed by atoms with Crippen LogP contribution in [0.1, 0.15) is 26.1 Å². The molecule has 0 amide bonds. The standard InChI is InChI=1S/C14H23N5O2/c1-5-10(2)19(6-7-21-4)9-12-16-13-11(14(20)17-12)8-15-18(13)3/h8,10H,5-7,9H2,1-4H3,(H,16,17,20)/t10-/m0/s1. The van der Waals surface area contributed by atoms with Crippen LogP contribution in [0.4, 0.5) is 0 Å². The highest BCUT2D eigenvalue weighted by Gasteiger charge is 2.15. The van der Waals surface area contributed by atoms with Gasteiger partial charge in [-0.2, -0.15) is 5.10 Å². The van der Waals surface area contributed by atoms with E-state index in [1.807, 2.05) is 0 Å². The van der Waals surface area contributed by atoms with Gasteiger partial charge in [-0.3, -0.25) is 14.4 Å². The highest BCUT2D eigenvalue weighted by molar-refractivity contribution is 5.72. The van der Waals surface area contributed by atoms with Gasteiger partial charge in [-0.25, -0.2) is 4.98 Å². The summed E-state index contributed by atoms with van der Waals surface area (Å²) in [4.78, 5) is 21.7. The molecule has 1 N–H and O–H groups in total. The topological polar surface area (TPSA) is 76.0 Å². The van der Waals surface area contributed by atoms with Crippen molar-refractivity contribution in [2.75, 3.05) is 20.3 Å². The van der Waals surface area contributed by atoms with Gasteiger partial charge in [0.1, 0.15) is 11.2 Å². The van der Waals surface area contributed by atoms with E-state index in [0.29, 0.717) is 36.1 Å². The molecule has 0 spiro atoms. The van der Waals surface area contributed by atoms with Crippen LogP contribution in [-0.2, 0) is 18.3 Å². The minimum atomic E-state index is -0.140. The fourth-order valence-electron chi connectivity index (χ4n) is 2.27. The van der Waals surface area contributed by atoms with Gasteiger partial charge in [0.15, 0.2) is 5.65 Å². The number of aryl methyl sites for hydroxylation is 1. The van der Waals surface area contributed by atoms with Crippen LogP contribution < -0.4 is 5.56 Å². The van der Waals surface area contributed by atoms with Gasteiger partial charge in [0.05, 0.1) is 19.3 Å². The molecule has 7 nitrogen and oxygen atoms in total. The zero-order valence-corrected chi connectivity index (χ0v) is 13.1. The SMILES string of the molecule is CC[C@H](C)N(CCOC)Cc1nc2c(cnn2C)c(=O)[nH]1. The number of H-pyrrole nitrogens is 1. The summed E-state index contributed by atoms with van der Waals surface area (Å²) < 4.78 is 6.78. The Bertz CT molecular complexity index is 648. The van der Waals surface area contributed by atoms with Crippen molar-refractivity contribution in [3.63, 3.8) is 0 Å². The van der Waals surface area contributed by atoms with Crippen LogP contribution in [0.25, 0.3) is 11.0 Å². The second kappa shape index (κ2) is 6.82. The Hall–Kier alpha value is -1.73. The minimum Gasteiger partial charge on any atom is -0.383 e. The summed E-state index contributed by atoms with van der Waals surface area (Å²) in [6.07, 6.45) is 2.57. The largest absolute Gasteiger partial charge is 0.383 e. The number of rotatable bonds is 7. The maximum atomic E-state index is 12.1. The molecule has 0 aliphatic rings. The quantitative estimate of drug-likeness (QED) is 0.821. The summed E-state index contributed by atoms with van der Waals surface area (Å²) in [5.41, 5.74) is 0.475. The van der Waals surface area contributed by atoms with E-state index in [9.17, 15) is 4.79 Å². The van der Waals surface area contributed by atoms with Gasteiger partial charge in [-0.1, -0.05) is 6.92 Å². The van der Waals surface area contributed by atoms with Crippen LogP contribution in [0.15, 0.2) is 11.0 Å². The minimum absolute atomic E-state index is 0.140. The molecule has 2 rings (SSSR count). The molecule has 0 saturated carbocycles. The molecule has 0 fully saturated rings. The van der Waals surface area contributed by atoms with E-state index >= 15 is 0 Å². The number of nitrogens with zero attached hydrogens (tertiary/aromatic N) is 4. The van der Waals surface area contributed by atoms with Crippen molar-refractivity contribution in [2.24, 2.45) is 7.05 Å². The number of aromatic amines is 1. The van der Waals surface area contributed by atoms with Gasteiger partial charge >= 0.3 is 0 Å². The van der Waals surface area contributed by atoms with E-state index in [-0.39, 0.29) is 5.56 Å². The summed E-state index contributed by atoms with van der Waals surface area (Å²) in [5, 5.41) is 4.60. The Kier molecular flexibility index (Phi) is 5.08. The fourth-order valence-corrected chi connectivity index (χ4v) is 2.27. The predicted octanol–water partition coefficient (Wildman–Crippen LogP) is 0.903. The van der Waals surface area contributed by atoms with Gasteiger partial charge in [-0.15, -0.1) is 0 Å². The Labute approximate surface area is 123 Å². The maximum Gasteiger partial charge on any atom is 0.262 e. The van der Waals surface area contributed by atoms with Crippen molar-refractivity contribution in [1.82, 2.24) is 24.6 Å². The molecule has 21 heavy (non-hydrogen) atoms. The molecule has 2 aromatic rings. The molecule has 1 atom stereocenters. The normalized spacial score (nSPS) is 13.2. The van der Waals surface area contributed by atoms with Crippen molar-refractivity contribution in [3.05, 3.63) is 22.4 Å². The monoisotopic (exact) mass is 293 g/mol. The zero-order chi connectivity index (χ0) is 15.4. The molecular formula is C14H23N5O2. The van der Waals surface area contributed by atoms with E-state index in [1.165, 1.54) is 0 Å². The van der Waals surface area contributed by atoms with E-state index < -0.39 is 0 Å². The first-order valence-electron chi connectivity index (χ1n) is 7.20. The van der Waals surface area contributed by atoms with Crippen molar-refractivity contribution in [3.8, 4) is 0 Å². The first-order valence-corrected chi connectivity index (χ1v) is 7.20. The number of methoxy groups -OCH3 is 1. The Morgan fingerprint density at radius 2 is 2.29 bits per heavy atom. The highest BCUT2D eigenvalue weighted by Crippen LogP contribution is 2.09. The molecule has 116 valence electrons. The zero-order valence-electron chi connectivity index (χ0n) is 13.1. The van der Waals surface area contributed by atoms with E-state index in [1.54, 1.807) is 25.0 Å². The van der Waals surface area contributed by atoms with Crippen molar-refractivity contribution < 1.29 is 4.74 Å². The van der Waals surface area contributed by atoms with Gasteiger partial charge < -0.3 is 9.72 Å². The summed E-state index contributed by atoms with van der Waals surface area (Å²) in [7, 11) is 3.48. The molecule has 0 bridgehead atoms. The lowest BCUT2D eigenvalue weighted by atomic mass is 10.2. The Balaban J connectivity index is 2.27. The highest BCUT2D eigenvalue weighted by atomic mass is 16.5. The summed E-state index contributed by atoms with van der Waals surface area (Å²) in [5.74, 6) is 0.660. The molecule has 0 unspecified atom stereocenters. The molecule has 0 aliphatic carbocycles.